The fourth-order valence-corrected chi connectivity index (χ4v) is 1.78. The van der Waals surface area contributed by atoms with Crippen LogP contribution in [-0.4, -0.2) is 21.5 Å². The third-order valence-electron chi connectivity index (χ3n) is 1.90. The molecular formula is C9H15BrN2O2. The molecule has 0 radical (unpaired) electrons. The summed E-state index contributed by atoms with van der Waals surface area (Å²) in [5.41, 5.74) is 0.799. The molecule has 0 spiro atoms. The van der Waals surface area contributed by atoms with Crippen LogP contribution in [0.3, 0.4) is 0 Å². The molecule has 1 aromatic rings. The summed E-state index contributed by atoms with van der Waals surface area (Å²) in [4.78, 5) is 11.5. The second-order valence-electron chi connectivity index (χ2n) is 3.68. The highest BCUT2D eigenvalue weighted by Crippen LogP contribution is 2.13. The van der Waals surface area contributed by atoms with Crippen LogP contribution >= 0.6 is 15.9 Å². The number of aromatic amines is 1. The highest BCUT2D eigenvalue weighted by atomic mass is 79.9. The Morgan fingerprint density at radius 1 is 1.57 bits per heavy atom. The third kappa shape index (κ3) is 2.48. The van der Waals surface area contributed by atoms with Gasteiger partial charge < -0.3 is 5.11 Å². The van der Waals surface area contributed by atoms with Crippen molar-refractivity contribution in [3.05, 3.63) is 20.5 Å². The maximum absolute atomic E-state index is 11.5. The number of aliphatic hydroxyl groups is 1. The molecule has 0 aliphatic heterocycles. The van der Waals surface area contributed by atoms with Gasteiger partial charge >= 0.3 is 0 Å². The Morgan fingerprint density at radius 3 is 2.71 bits per heavy atom. The van der Waals surface area contributed by atoms with Crippen LogP contribution < -0.4 is 5.56 Å². The average molecular weight is 263 g/mol. The molecule has 0 saturated carbocycles. The summed E-state index contributed by atoms with van der Waals surface area (Å²) in [6.45, 7) is 4.46. The van der Waals surface area contributed by atoms with Crippen LogP contribution in [0.5, 0.6) is 0 Å². The van der Waals surface area contributed by atoms with Crippen molar-refractivity contribution in [1.82, 2.24) is 9.78 Å². The largest absolute Gasteiger partial charge is 0.394 e. The molecule has 14 heavy (non-hydrogen) atoms. The summed E-state index contributed by atoms with van der Waals surface area (Å²) in [6.07, 6.45) is 0.828. The summed E-state index contributed by atoms with van der Waals surface area (Å²) < 4.78 is 2.00. The van der Waals surface area contributed by atoms with Gasteiger partial charge in [-0.3, -0.25) is 9.89 Å². The number of aliphatic hydroxyl groups excluding tert-OH is 1. The SMILES string of the molecule is CC(C)Cc1[nH]n(CCO)c(=O)c1Br. The predicted octanol–water partition coefficient (Wildman–Crippen LogP) is 1.13. The number of nitrogens with one attached hydrogen (secondary N) is 1. The number of rotatable bonds is 4. The molecule has 0 fully saturated rings. The Balaban J connectivity index is 2.96. The second kappa shape index (κ2) is 4.79. The van der Waals surface area contributed by atoms with Crippen LogP contribution in [-0.2, 0) is 13.0 Å². The van der Waals surface area contributed by atoms with Gasteiger partial charge in [0.15, 0.2) is 0 Å². The lowest BCUT2D eigenvalue weighted by molar-refractivity contribution is 0.267. The molecule has 0 amide bonds. The van der Waals surface area contributed by atoms with E-state index in [-0.39, 0.29) is 12.2 Å². The van der Waals surface area contributed by atoms with E-state index in [2.05, 4.69) is 34.9 Å². The molecule has 0 aliphatic rings. The van der Waals surface area contributed by atoms with Gasteiger partial charge in [-0.05, 0) is 28.3 Å². The van der Waals surface area contributed by atoms with Crippen molar-refractivity contribution < 1.29 is 5.11 Å². The summed E-state index contributed by atoms with van der Waals surface area (Å²) in [5, 5.41) is 11.7. The summed E-state index contributed by atoms with van der Waals surface area (Å²) in [5.74, 6) is 0.493. The highest BCUT2D eigenvalue weighted by Gasteiger charge is 2.11. The Kier molecular flexibility index (Phi) is 3.95. The fraction of sp³-hybridized carbons (Fsp3) is 0.667. The van der Waals surface area contributed by atoms with E-state index in [0.717, 1.165) is 12.1 Å². The highest BCUT2D eigenvalue weighted by molar-refractivity contribution is 9.10. The van der Waals surface area contributed by atoms with Gasteiger partial charge in [0.1, 0.15) is 4.47 Å². The van der Waals surface area contributed by atoms with Crippen molar-refractivity contribution >= 4 is 15.9 Å². The molecule has 1 heterocycles. The minimum absolute atomic E-state index is 0.0338. The molecule has 5 heteroatoms. The first-order chi connectivity index (χ1) is 6.56. The molecule has 4 nitrogen and oxygen atoms in total. The molecular weight excluding hydrogens is 248 g/mol. The normalized spacial score (nSPS) is 11.2. The van der Waals surface area contributed by atoms with E-state index < -0.39 is 0 Å². The lowest BCUT2D eigenvalue weighted by Crippen LogP contribution is -2.18. The zero-order chi connectivity index (χ0) is 10.7. The lowest BCUT2D eigenvalue weighted by Gasteiger charge is -2.02. The quantitative estimate of drug-likeness (QED) is 0.855. The summed E-state index contributed by atoms with van der Waals surface area (Å²) in [7, 11) is 0. The first-order valence-corrected chi connectivity index (χ1v) is 5.43. The van der Waals surface area contributed by atoms with Crippen LogP contribution in [0, 0.1) is 5.92 Å². The van der Waals surface area contributed by atoms with Crippen molar-refractivity contribution in [2.45, 2.75) is 26.8 Å². The van der Waals surface area contributed by atoms with Crippen molar-refractivity contribution in [1.29, 1.82) is 0 Å². The van der Waals surface area contributed by atoms with Gasteiger partial charge in [-0.2, -0.15) is 0 Å². The van der Waals surface area contributed by atoms with Crippen LogP contribution in [0.1, 0.15) is 19.5 Å². The van der Waals surface area contributed by atoms with Gasteiger partial charge in [0, 0.05) is 0 Å². The Morgan fingerprint density at radius 2 is 2.21 bits per heavy atom. The Labute approximate surface area is 91.1 Å². The summed E-state index contributed by atoms with van der Waals surface area (Å²) >= 11 is 3.25. The van der Waals surface area contributed by atoms with E-state index in [4.69, 9.17) is 5.11 Å². The number of hydrogen-bond acceptors (Lipinski definition) is 2. The van der Waals surface area contributed by atoms with E-state index in [0.29, 0.717) is 16.9 Å². The molecule has 1 rings (SSSR count). The minimum atomic E-state index is -0.102. The molecule has 2 N–H and O–H groups in total. The number of nitrogens with zero attached hydrogens (tertiary/aromatic N) is 1. The minimum Gasteiger partial charge on any atom is -0.394 e. The molecule has 0 atom stereocenters. The first-order valence-electron chi connectivity index (χ1n) is 4.64. The molecule has 0 aliphatic carbocycles. The molecule has 0 saturated heterocycles. The molecule has 1 aromatic heterocycles. The van der Waals surface area contributed by atoms with Crippen molar-refractivity contribution in [2.75, 3.05) is 6.61 Å². The van der Waals surface area contributed by atoms with Crippen LogP contribution in [0.25, 0.3) is 0 Å². The van der Waals surface area contributed by atoms with E-state index in [1.54, 1.807) is 0 Å². The average Bonchev–Trinajstić information content (AvgIpc) is 2.34. The van der Waals surface area contributed by atoms with E-state index in [1.165, 1.54) is 4.68 Å². The van der Waals surface area contributed by atoms with Crippen molar-refractivity contribution in [3.8, 4) is 0 Å². The summed E-state index contributed by atoms with van der Waals surface area (Å²) in [6, 6.07) is 0. The standard InChI is InChI=1S/C9H15BrN2O2/c1-6(2)5-7-8(10)9(14)12(11-7)3-4-13/h6,11,13H,3-5H2,1-2H3. The zero-order valence-electron chi connectivity index (χ0n) is 8.38. The monoisotopic (exact) mass is 262 g/mol. The molecule has 80 valence electrons. The predicted molar refractivity (Wildman–Crippen MR) is 58.4 cm³/mol. The van der Waals surface area contributed by atoms with Gasteiger partial charge in [-0.25, -0.2) is 4.68 Å². The van der Waals surface area contributed by atoms with Crippen molar-refractivity contribution in [2.24, 2.45) is 5.92 Å². The maximum atomic E-state index is 11.5. The smallest absolute Gasteiger partial charge is 0.281 e. The van der Waals surface area contributed by atoms with Crippen LogP contribution in [0.4, 0.5) is 0 Å². The van der Waals surface area contributed by atoms with Gasteiger partial charge in [0.25, 0.3) is 5.56 Å². The zero-order valence-corrected chi connectivity index (χ0v) is 9.97. The van der Waals surface area contributed by atoms with E-state index in [1.807, 2.05) is 0 Å². The fourth-order valence-electron chi connectivity index (χ4n) is 1.31. The van der Waals surface area contributed by atoms with E-state index >= 15 is 0 Å². The Hall–Kier alpha value is -0.550. The number of hydrogen-bond donors (Lipinski definition) is 2. The Bertz CT molecular complexity index is 354. The van der Waals surface area contributed by atoms with Crippen LogP contribution in [0.15, 0.2) is 9.27 Å². The maximum Gasteiger partial charge on any atom is 0.281 e. The van der Waals surface area contributed by atoms with Crippen molar-refractivity contribution in [3.63, 3.8) is 0 Å². The van der Waals surface area contributed by atoms with E-state index in [9.17, 15) is 4.79 Å². The molecule has 0 bridgehead atoms. The second-order valence-corrected chi connectivity index (χ2v) is 4.48. The van der Waals surface area contributed by atoms with Gasteiger partial charge in [-0.15, -0.1) is 0 Å². The van der Waals surface area contributed by atoms with Gasteiger partial charge in [0.05, 0.1) is 18.8 Å². The van der Waals surface area contributed by atoms with Gasteiger partial charge in [-0.1, -0.05) is 13.8 Å². The molecule has 0 unspecified atom stereocenters. The first kappa shape index (κ1) is 11.5. The molecule has 0 aromatic carbocycles. The number of aromatic nitrogens is 2. The lowest BCUT2D eigenvalue weighted by atomic mass is 10.1. The topological polar surface area (TPSA) is 58.0 Å². The van der Waals surface area contributed by atoms with Crippen LogP contribution in [0.2, 0.25) is 0 Å². The third-order valence-corrected chi connectivity index (χ3v) is 2.72. The van der Waals surface area contributed by atoms with Gasteiger partial charge in [0.2, 0.25) is 0 Å². The number of halogens is 1. The number of H-pyrrole nitrogens is 1.